The van der Waals surface area contributed by atoms with Crippen LogP contribution >= 0.6 is 0 Å². The van der Waals surface area contributed by atoms with Gasteiger partial charge in [-0.25, -0.2) is 4.98 Å². The first-order valence-electron chi connectivity index (χ1n) is 11.7. The Kier molecular flexibility index (Phi) is 4.54. The third kappa shape index (κ3) is 3.12. The Hall–Kier alpha value is -2.86. The van der Waals surface area contributed by atoms with E-state index in [0.717, 1.165) is 29.3 Å². The summed E-state index contributed by atoms with van der Waals surface area (Å²) in [5.41, 5.74) is 5.47. The molecule has 166 valence electrons. The van der Waals surface area contributed by atoms with Crippen molar-refractivity contribution in [3.8, 4) is 11.5 Å². The van der Waals surface area contributed by atoms with Crippen molar-refractivity contribution in [2.24, 2.45) is 0 Å². The molecule has 0 saturated heterocycles. The van der Waals surface area contributed by atoms with Crippen molar-refractivity contribution < 1.29 is 9.47 Å². The molecule has 3 aromatic rings. The van der Waals surface area contributed by atoms with E-state index < -0.39 is 0 Å². The van der Waals surface area contributed by atoms with Gasteiger partial charge in [-0.3, -0.25) is 14.1 Å². The monoisotopic (exact) mass is 431 g/mol. The van der Waals surface area contributed by atoms with Crippen LogP contribution in [0.5, 0.6) is 11.5 Å². The Morgan fingerprint density at radius 1 is 1.09 bits per heavy atom. The summed E-state index contributed by atoms with van der Waals surface area (Å²) in [4.78, 5) is 20.1. The van der Waals surface area contributed by atoms with Gasteiger partial charge in [0, 0.05) is 36.8 Å². The lowest BCUT2D eigenvalue weighted by Crippen LogP contribution is -2.46. The lowest BCUT2D eigenvalue weighted by Gasteiger charge is -2.46. The zero-order valence-electron chi connectivity index (χ0n) is 18.8. The average Bonchev–Trinajstić information content (AvgIpc) is 3.26. The number of fused-ring (bicyclic) bond motifs is 4. The first-order chi connectivity index (χ1) is 15.5. The van der Waals surface area contributed by atoms with Crippen molar-refractivity contribution in [1.82, 2.24) is 14.3 Å². The van der Waals surface area contributed by atoms with Gasteiger partial charge in [-0.15, -0.1) is 0 Å². The van der Waals surface area contributed by atoms with Gasteiger partial charge in [0.15, 0.2) is 11.5 Å². The summed E-state index contributed by atoms with van der Waals surface area (Å²) < 4.78 is 13.5. The lowest BCUT2D eigenvalue weighted by molar-refractivity contribution is 0.123. The van der Waals surface area contributed by atoms with Crippen LogP contribution in [0, 0.1) is 6.92 Å². The molecule has 2 aliphatic heterocycles. The molecule has 32 heavy (non-hydrogen) atoms. The van der Waals surface area contributed by atoms with Crippen LogP contribution < -0.4 is 15.0 Å². The molecule has 1 fully saturated rings. The van der Waals surface area contributed by atoms with Gasteiger partial charge in [0.05, 0.1) is 5.69 Å². The maximum Gasteiger partial charge on any atom is 0.258 e. The third-order valence-electron chi connectivity index (χ3n) is 7.58. The van der Waals surface area contributed by atoms with E-state index in [-0.39, 0.29) is 17.0 Å². The molecule has 6 rings (SSSR count). The molecular weight excluding hydrogens is 402 g/mol. The fraction of sp³-hybridized carbons (Fsp3) is 0.462. The number of benzene rings is 1. The summed E-state index contributed by atoms with van der Waals surface area (Å²) in [6, 6.07) is 10.3. The predicted molar refractivity (Wildman–Crippen MR) is 123 cm³/mol. The molecular formula is C26H29N3O3. The number of nitrogens with zero attached hydrogens (tertiary/aromatic N) is 3. The van der Waals surface area contributed by atoms with Gasteiger partial charge in [0.1, 0.15) is 18.9 Å². The van der Waals surface area contributed by atoms with Gasteiger partial charge in [-0.05, 0) is 61.6 Å². The second kappa shape index (κ2) is 7.34. The van der Waals surface area contributed by atoms with Crippen LogP contribution in [0.1, 0.15) is 61.0 Å². The van der Waals surface area contributed by atoms with Crippen molar-refractivity contribution in [2.75, 3.05) is 19.8 Å². The lowest BCUT2D eigenvalue weighted by atomic mass is 9.71. The largest absolute Gasteiger partial charge is 0.486 e. The normalized spacial score (nSPS) is 21.8. The van der Waals surface area contributed by atoms with Crippen molar-refractivity contribution in [2.45, 2.75) is 57.5 Å². The van der Waals surface area contributed by atoms with Crippen LogP contribution in [0.15, 0.2) is 41.3 Å². The van der Waals surface area contributed by atoms with Crippen LogP contribution in [0.2, 0.25) is 0 Å². The molecule has 6 heteroatoms. The van der Waals surface area contributed by atoms with E-state index in [0.29, 0.717) is 25.4 Å². The molecule has 1 unspecified atom stereocenters. The zero-order chi connectivity index (χ0) is 21.9. The van der Waals surface area contributed by atoms with Crippen LogP contribution in [-0.4, -0.2) is 34.0 Å². The number of hydrogen-bond acceptors (Lipinski definition) is 5. The topological polar surface area (TPSA) is 56.1 Å². The molecule has 0 radical (unpaired) electrons. The highest BCUT2D eigenvalue weighted by Crippen LogP contribution is 2.52. The number of ether oxygens (including phenoxy) is 2. The second-order valence-corrected chi connectivity index (χ2v) is 9.67. The van der Waals surface area contributed by atoms with E-state index in [4.69, 9.17) is 14.5 Å². The SMILES string of the molecule is Cc1ccc2nc(CN3CC4(CCCC4)c4cc5c(cc4C3C)OCCO5)cc(=O)n2c1. The number of aromatic nitrogens is 2. The smallest absolute Gasteiger partial charge is 0.258 e. The minimum atomic E-state index is -0.0195. The van der Waals surface area contributed by atoms with Gasteiger partial charge >= 0.3 is 0 Å². The first kappa shape index (κ1) is 19.8. The molecule has 1 atom stereocenters. The number of aryl methyl sites for hydroxylation is 1. The van der Waals surface area contributed by atoms with Crippen molar-refractivity contribution >= 4 is 5.65 Å². The van der Waals surface area contributed by atoms with Gasteiger partial charge in [-0.1, -0.05) is 18.9 Å². The summed E-state index contributed by atoms with van der Waals surface area (Å²) in [6.45, 7) is 7.10. The number of hydrogen-bond donors (Lipinski definition) is 0. The molecule has 4 heterocycles. The van der Waals surface area contributed by atoms with Crippen molar-refractivity contribution in [1.29, 1.82) is 0 Å². The highest BCUT2D eigenvalue weighted by atomic mass is 16.6. The zero-order valence-corrected chi connectivity index (χ0v) is 18.8. The fourth-order valence-electron chi connectivity index (χ4n) is 5.94. The quantitative estimate of drug-likeness (QED) is 0.610. The maximum absolute atomic E-state index is 12.8. The minimum Gasteiger partial charge on any atom is -0.486 e. The molecule has 0 bridgehead atoms. The van der Waals surface area contributed by atoms with Crippen LogP contribution in [0.4, 0.5) is 0 Å². The maximum atomic E-state index is 12.8. The van der Waals surface area contributed by atoms with Gasteiger partial charge in [0.25, 0.3) is 5.56 Å². The number of rotatable bonds is 2. The highest BCUT2D eigenvalue weighted by molar-refractivity contribution is 5.53. The van der Waals surface area contributed by atoms with E-state index in [1.807, 2.05) is 25.3 Å². The highest BCUT2D eigenvalue weighted by Gasteiger charge is 2.45. The molecule has 1 spiro atoms. The van der Waals surface area contributed by atoms with Crippen LogP contribution in [0.3, 0.4) is 0 Å². The number of pyridine rings is 1. The fourth-order valence-corrected chi connectivity index (χ4v) is 5.94. The molecule has 1 aromatic carbocycles. The third-order valence-corrected chi connectivity index (χ3v) is 7.58. The Bertz CT molecular complexity index is 1260. The summed E-state index contributed by atoms with van der Waals surface area (Å²) >= 11 is 0. The van der Waals surface area contributed by atoms with Crippen LogP contribution in [-0.2, 0) is 12.0 Å². The Morgan fingerprint density at radius 3 is 2.62 bits per heavy atom. The molecule has 2 aromatic heterocycles. The molecule has 0 amide bonds. The molecule has 0 N–H and O–H groups in total. The van der Waals surface area contributed by atoms with E-state index in [1.165, 1.54) is 36.8 Å². The van der Waals surface area contributed by atoms with Crippen molar-refractivity contribution in [3.05, 3.63) is 69.3 Å². The molecule has 1 aliphatic carbocycles. The predicted octanol–water partition coefficient (Wildman–Crippen LogP) is 4.16. The standard InChI is InChI=1S/C26H29N3O3/c1-17-5-6-24-27-19(11-25(30)29(24)14-17)15-28-16-26(7-3-4-8-26)21-13-23-22(31-9-10-32-23)12-20(21)18(28)2/h5-6,11-14,18H,3-4,7-10,15-16H2,1-2H3. The van der Waals surface area contributed by atoms with Gasteiger partial charge < -0.3 is 9.47 Å². The van der Waals surface area contributed by atoms with Crippen LogP contribution in [0.25, 0.3) is 5.65 Å². The Morgan fingerprint density at radius 2 is 1.84 bits per heavy atom. The molecule has 3 aliphatic rings. The molecule has 1 saturated carbocycles. The van der Waals surface area contributed by atoms with E-state index in [9.17, 15) is 4.79 Å². The van der Waals surface area contributed by atoms with E-state index >= 15 is 0 Å². The summed E-state index contributed by atoms with van der Waals surface area (Å²) in [5.74, 6) is 1.75. The van der Waals surface area contributed by atoms with Gasteiger partial charge in [-0.2, -0.15) is 0 Å². The summed E-state index contributed by atoms with van der Waals surface area (Å²) in [5, 5.41) is 0. The van der Waals surface area contributed by atoms with E-state index in [2.05, 4.69) is 24.0 Å². The average molecular weight is 432 g/mol. The van der Waals surface area contributed by atoms with Crippen molar-refractivity contribution in [3.63, 3.8) is 0 Å². The summed E-state index contributed by atoms with van der Waals surface area (Å²) in [7, 11) is 0. The van der Waals surface area contributed by atoms with E-state index in [1.54, 1.807) is 10.5 Å². The Balaban J connectivity index is 1.40. The Labute approximate surface area is 187 Å². The minimum absolute atomic E-state index is 0.0195. The first-order valence-corrected chi connectivity index (χ1v) is 11.7. The van der Waals surface area contributed by atoms with Gasteiger partial charge in [0.2, 0.25) is 0 Å². The second-order valence-electron chi connectivity index (χ2n) is 9.67. The summed E-state index contributed by atoms with van der Waals surface area (Å²) in [6.07, 6.45) is 6.74. The molecule has 6 nitrogen and oxygen atoms in total.